The Hall–Kier alpha value is -1.44. The Labute approximate surface area is 132 Å². The molecule has 1 aromatic rings. The predicted molar refractivity (Wildman–Crippen MR) is 88.8 cm³/mol. The van der Waals surface area contributed by atoms with Crippen molar-refractivity contribution >= 4 is 21.6 Å². The fourth-order valence-electron chi connectivity index (χ4n) is 1.83. The van der Waals surface area contributed by atoms with Crippen molar-refractivity contribution in [2.75, 3.05) is 11.9 Å². The first-order valence-electron chi connectivity index (χ1n) is 7.14. The molecule has 0 fully saturated rings. The average Bonchev–Trinajstić information content (AvgIpc) is 2.34. The van der Waals surface area contributed by atoms with Gasteiger partial charge in [-0.25, -0.2) is 13.1 Å². The number of carbonyl (C=O) groups is 1. The zero-order valence-electron chi connectivity index (χ0n) is 13.5. The van der Waals surface area contributed by atoms with E-state index in [2.05, 4.69) is 10.0 Å². The summed E-state index contributed by atoms with van der Waals surface area (Å²) in [6.07, 6.45) is 0. The second-order valence-electron chi connectivity index (χ2n) is 6.44. The smallest absolute Gasteiger partial charge is 0.228 e. The quantitative estimate of drug-likeness (QED) is 0.736. The Morgan fingerprint density at radius 1 is 1.32 bits per heavy atom. The van der Waals surface area contributed by atoms with E-state index in [-0.39, 0.29) is 24.1 Å². The van der Waals surface area contributed by atoms with Crippen LogP contribution in [0.15, 0.2) is 24.3 Å². The molecule has 7 heteroatoms. The van der Waals surface area contributed by atoms with E-state index in [1.807, 2.05) is 0 Å². The van der Waals surface area contributed by atoms with E-state index in [4.69, 9.17) is 5.73 Å². The lowest BCUT2D eigenvalue weighted by molar-refractivity contribution is -0.119. The highest BCUT2D eigenvalue weighted by Gasteiger charge is 2.20. The zero-order chi connectivity index (χ0) is 17.0. The van der Waals surface area contributed by atoms with Crippen molar-refractivity contribution in [1.29, 1.82) is 0 Å². The lowest BCUT2D eigenvalue weighted by atomic mass is 10.1. The number of anilines is 1. The van der Waals surface area contributed by atoms with Gasteiger partial charge >= 0.3 is 0 Å². The van der Waals surface area contributed by atoms with Crippen molar-refractivity contribution in [3.8, 4) is 0 Å². The molecule has 124 valence electrons. The van der Waals surface area contributed by atoms with Gasteiger partial charge in [-0.2, -0.15) is 0 Å². The second kappa shape index (κ2) is 7.21. The normalized spacial score (nSPS) is 13.7. The Bertz CT molecular complexity index is 621. The van der Waals surface area contributed by atoms with Crippen molar-refractivity contribution in [2.24, 2.45) is 11.7 Å². The number of amides is 1. The van der Waals surface area contributed by atoms with Gasteiger partial charge in [0, 0.05) is 23.7 Å². The molecule has 0 bridgehead atoms. The van der Waals surface area contributed by atoms with E-state index in [1.54, 1.807) is 52.0 Å². The molecule has 0 aliphatic rings. The monoisotopic (exact) mass is 327 g/mol. The van der Waals surface area contributed by atoms with Gasteiger partial charge in [0.15, 0.2) is 0 Å². The Kier molecular flexibility index (Phi) is 6.10. The number of rotatable bonds is 6. The lowest BCUT2D eigenvalue weighted by Gasteiger charge is -2.20. The summed E-state index contributed by atoms with van der Waals surface area (Å²) in [6, 6.07) is 6.80. The summed E-state index contributed by atoms with van der Waals surface area (Å²) in [6.45, 7) is 7.35. The predicted octanol–water partition coefficient (Wildman–Crippen LogP) is 1.44. The molecule has 22 heavy (non-hydrogen) atoms. The molecule has 0 heterocycles. The maximum atomic E-state index is 12.1. The largest absolute Gasteiger partial charge is 0.330 e. The number of nitrogens with one attached hydrogen (secondary N) is 2. The minimum Gasteiger partial charge on any atom is -0.330 e. The number of hydrogen-bond acceptors (Lipinski definition) is 4. The van der Waals surface area contributed by atoms with Crippen LogP contribution >= 0.6 is 0 Å². The first kappa shape index (κ1) is 18.6. The molecule has 6 nitrogen and oxygen atoms in total. The molecule has 0 aliphatic carbocycles. The van der Waals surface area contributed by atoms with Crippen molar-refractivity contribution in [3.63, 3.8) is 0 Å². The standard InChI is InChI=1S/C15H25N3O3S/c1-11(9-16)14(19)17-13-7-5-6-12(8-13)10-22(20,21)18-15(2,3)4/h5-8,11,18H,9-10,16H2,1-4H3,(H,17,19). The number of nitrogens with two attached hydrogens (primary N) is 1. The molecule has 4 N–H and O–H groups in total. The number of benzene rings is 1. The molecule has 1 amide bonds. The zero-order valence-corrected chi connectivity index (χ0v) is 14.3. The van der Waals surface area contributed by atoms with Crippen molar-refractivity contribution in [1.82, 2.24) is 4.72 Å². The first-order chi connectivity index (χ1) is 10.0. The van der Waals surface area contributed by atoms with Crippen LogP contribution in [0, 0.1) is 5.92 Å². The van der Waals surface area contributed by atoms with Crippen LogP contribution in [0.1, 0.15) is 33.3 Å². The molecule has 0 aliphatic heterocycles. The molecule has 1 atom stereocenters. The number of carbonyl (C=O) groups excluding carboxylic acids is 1. The molecule has 1 rings (SSSR count). The number of hydrogen-bond donors (Lipinski definition) is 3. The summed E-state index contributed by atoms with van der Waals surface area (Å²) >= 11 is 0. The van der Waals surface area contributed by atoms with Crippen LogP contribution in [0.2, 0.25) is 0 Å². The third kappa shape index (κ3) is 6.55. The summed E-state index contributed by atoms with van der Waals surface area (Å²) in [5.41, 5.74) is 6.09. The van der Waals surface area contributed by atoms with Crippen LogP contribution in [0.4, 0.5) is 5.69 Å². The molecule has 0 radical (unpaired) electrons. The van der Waals surface area contributed by atoms with E-state index in [1.165, 1.54) is 0 Å². The summed E-state index contributed by atoms with van der Waals surface area (Å²) in [7, 11) is -3.44. The lowest BCUT2D eigenvalue weighted by Crippen LogP contribution is -2.41. The fraction of sp³-hybridized carbons (Fsp3) is 0.533. The van der Waals surface area contributed by atoms with Gasteiger partial charge in [0.25, 0.3) is 0 Å². The maximum Gasteiger partial charge on any atom is 0.228 e. The summed E-state index contributed by atoms with van der Waals surface area (Å²) in [5, 5.41) is 2.73. The molecule has 1 aromatic carbocycles. The molecule has 0 aromatic heterocycles. The topological polar surface area (TPSA) is 101 Å². The van der Waals surface area contributed by atoms with Crippen LogP contribution in [0.3, 0.4) is 0 Å². The third-order valence-corrected chi connectivity index (χ3v) is 4.45. The molecule has 0 spiro atoms. The highest BCUT2D eigenvalue weighted by atomic mass is 32.2. The van der Waals surface area contributed by atoms with Gasteiger partial charge in [-0.3, -0.25) is 4.79 Å². The van der Waals surface area contributed by atoms with E-state index in [9.17, 15) is 13.2 Å². The van der Waals surface area contributed by atoms with Crippen LogP contribution < -0.4 is 15.8 Å². The van der Waals surface area contributed by atoms with E-state index in [0.717, 1.165) is 0 Å². The Morgan fingerprint density at radius 2 is 1.95 bits per heavy atom. The van der Waals surface area contributed by atoms with Crippen molar-refractivity contribution in [2.45, 2.75) is 39.0 Å². The Balaban J connectivity index is 2.83. The molecule has 1 unspecified atom stereocenters. The summed E-state index contributed by atoms with van der Waals surface area (Å²) < 4.78 is 26.8. The molecule has 0 saturated heterocycles. The summed E-state index contributed by atoms with van der Waals surface area (Å²) in [4.78, 5) is 11.8. The average molecular weight is 327 g/mol. The minimum absolute atomic E-state index is 0.138. The number of sulfonamides is 1. The highest BCUT2D eigenvalue weighted by Crippen LogP contribution is 2.15. The van der Waals surface area contributed by atoms with Gasteiger partial charge in [-0.05, 0) is 38.5 Å². The van der Waals surface area contributed by atoms with Crippen LogP contribution in [0.25, 0.3) is 0 Å². The van der Waals surface area contributed by atoms with Crippen molar-refractivity contribution in [3.05, 3.63) is 29.8 Å². The van der Waals surface area contributed by atoms with Gasteiger partial charge in [0.1, 0.15) is 0 Å². The van der Waals surface area contributed by atoms with E-state index >= 15 is 0 Å². The maximum absolute atomic E-state index is 12.1. The molecular weight excluding hydrogens is 302 g/mol. The molecular formula is C15H25N3O3S. The van der Waals surface area contributed by atoms with Crippen LogP contribution in [-0.4, -0.2) is 26.4 Å². The fourth-order valence-corrected chi connectivity index (χ4v) is 3.46. The van der Waals surface area contributed by atoms with Crippen LogP contribution in [0.5, 0.6) is 0 Å². The van der Waals surface area contributed by atoms with E-state index < -0.39 is 15.6 Å². The van der Waals surface area contributed by atoms with Crippen LogP contribution in [-0.2, 0) is 20.6 Å². The van der Waals surface area contributed by atoms with Gasteiger partial charge in [0.05, 0.1) is 5.75 Å². The first-order valence-corrected chi connectivity index (χ1v) is 8.79. The highest BCUT2D eigenvalue weighted by molar-refractivity contribution is 7.88. The van der Waals surface area contributed by atoms with Gasteiger partial charge in [0.2, 0.25) is 15.9 Å². The minimum atomic E-state index is -3.44. The Morgan fingerprint density at radius 3 is 2.50 bits per heavy atom. The SMILES string of the molecule is CC(CN)C(=O)Nc1cccc(CS(=O)(=O)NC(C)(C)C)c1. The van der Waals surface area contributed by atoms with Crippen molar-refractivity contribution < 1.29 is 13.2 Å². The summed E-state index contributed by atoms with van der Waals surface area (Å²) in [5.74, 6) is -0.620. The second-order valence-corrected chi connectivity index (χ2v) is 8.16. The van der Waals surface area contributed by atoms with Gasteiger partial charge < -0.3 is 11.1 Å². The van der Waals surface area contributed by atoms with E-state index in [0.29, 0.717) is 11.3 Å². The van der Waals surface area contributed by atoms with Gasteiger partial charge in [-0.1, -0.05) is 19.1 Å². The van der Waals surface area contributed by atoms with Gasteiger partial charge in [-0.15, -0.1) is 0 Å². The third-order valence-electron chi connectivity index (χ3n) is 2.81. The molecule has 0 saturated carbocycles.